The highest BCUT2D eigenvalue weighted by molar-refractivity contribution is 5.95. The summed E-state index contributed by atoms with van der Waals surface area (Å²) in [5, 5.41) is 13.7. The van der Waals surface area contributed by atoms with E-state index in [9.17, 15) is 14.7 Å². The number of hydrogen-bond donors (Lipinski definition) is 2. The minimum absolute atomic E-state index is 0.131. The molecule has 2 aliphatic rings. The Bertz CT molecular complexity index is 873. The molecule has 29 heavy (non-hydrogen) atoms. The first-order chi connectivity index (χ1) is 13.8. The van der Waals surface area contributed by atoms with Gasteiger partial charge in [-0.3, -0.25) is 14.6 Å². The third kappa shape index (κ3) is 4.45. The molecule has 7 heteroatoms. The van der Waals surface area contributed by atoms with E-state index < -0.39 is 5.60 Å². The summed E-state index contributed by atoms with van der Waals surface area (Å²) >= 11 is 0. The molecule has 1 aliphatic carbocycles. The Morgan fingerprint density at radius 2 is 2.14 bits per heavy atom. The number of nitrogens with zero attached hydrogens (tertiary/aromatic N) is 2. The quantitative estimate of drug-likeness (QED) is 0.779. The fourth-order valence-electron chi connectivity index (χ4n) is 4.40. The fourth-order valence-corrected chi connectivity index (χ4v) is 4.40. The number of carbonyl (C=O) groups excluding carboxylic acids is 2. The summed E-state index contributed by atoms with van der Waals surface area (Å²) in [6.45, 7) is 5.64. The highest BCUT2D eigenvalue weighted by Crippen LogP contribution is 2.59. The molecule has 1 atom stereocenters. The number of carbonyl (C=O) groups is 2. The fraction of sp³-hybridized carbons (Fsp3) is 0.591. The lowest BCUT2D eigenvalue weighted by atomic mass is 9.90. The van der Waals surface area contributed by atoms with Crippen molar-refractivity contribution in [2.75, 3.05) is 19.6 Å². The van der Waals surface area contributed by atoms with Gasteiger partial charge < -0.3 is 19.7 Å². The number of rotatable bonds is 6. The molecular formula is C22H29N3O4. The SMILES string of the molecule is CC(C)(O)CCC(=O)N1CCC2(CC1)CC2CNC(=O)c1cc2ccncc2o1. The second-order valence-corrected chi connectivity index (χ2v) is 9.19. The Morgan fingerprint density at radius 1 is 1.38 bits per heavy atom. The molecule has 1 saturated heterocycles. The van der Waals surface area contributed by atoms with Gasteiger partial charge in [0.2, 0.25) is 5.91 Å². The highest BCUT2D eigenvalue weighted by Gasteiger charge is 2.54. The number of aromatic nitrogens is 1. The van der Waals surface area contributed by atoms with E-state index >= 15 is 0 Å². The molecule has 1 unspecified atom stereocenters. The zero-order chi connectivity index (χ0) is 20.6. The predicted octanol–water partition coefficient (Wildman–Crippen LogP) is 2.74. The van der Waals surface area contributed by atoms with Gasteiger partial charge in [-0.05, 0) is 63.0 Å². The molecule has 2 aromatic rings. The number of furan rings is 1. The number of pyridine rings is 1. The van der Waals surface area contributed by atoms with Crippen molar-refractivity contribution in [2.45, 2.75) is 51.6 Å². The summed E-state index contributed by atoms with van der Waals surface area (Å²) in [4.78, 5) is 30.7. The summed E-state index contributed by atoms with van der Waals surface area (Å²) in [6.07, 6.45) is 7.23. The molecule has 7 nitrogen and oxygen atoms in total. The Kier molecular flexibility index (Phi) is 5.11. The number of likely N-dealkylation sites (tertiary alicyclic amines) is 1. The van der Waals surface area contributed by atoms with Crippen LogP contribution in [0, 0.1) is 11.3 Å². The van der Waals surface area contributed by atoms with Crippen molar-refractivity contribution in [1.82, 2.24) is 15.2 Å². The van der Waals surface area contributed by atoms with Gasteiger partial charge in [0.15, 0.2) is 11.3 Å². The summed E-state index contributed by atoms with van der Waals surface area (Å²) in [5.74, 6) is 0.718. The maximum absolute atomic E-state index is 12.4. The van der Waals surface area contributed by atoms with Crippen molar-refractivity contribution in [1.29, 1.82) is 0 Å². The molecule has 1 saturated carbocycles. The smallest absolute Gasteiger partial charge is 0.287 e. The second-order valence-electron chi connectivity index (χ2n) is 9.19. The van der Waals surface area contributed by atoms with Crippen LogP contribution in [0.3, 0.4) is 0 Å². The molecule has 3 heterocycles. The van der Waals surface area contributed by atoms with E-state index in [0.29, 0.717) is 36.6 Å². The molecular weight excluding hydrogens is 370 g/mol. The van der Waals surface area contributed by atoms with E-state index in [4.69, 9.17) is 4.42 Å². The van der Waals surface area contributed by atoms with Crippen LogP contribution in [0.25, 0.3) is 11.0 Å². The van der Waals surface area contributed by atoms with E-state index in [1.54, 1.807) is 32.3 Å². The lowest BCUT2D eigenvalue weighted by Gasteiger charge is -2.33. The normalized spacial score (nSPS) is 20.8. The summed E-state index contributed by atoms with van der Waals surface area (Å²) in [7, 11) is 0. The van der Waals surface area contributed by atoms with Gasteiger partial charge in [-0.15, -0.1) is 0 Å². The minimum Gasteiger partial charge on any atom is -0.449 e. The third-order valence-corrected chi connectivity index (χ3v) is 6.48. The van der Waals surface area contributed by atoms with Crippen LogP contribution in [0.4, 0.5) is 0 Å². The van der Waals surface area contributed by atoms with Crippen LogP contribution in [0.15, 0.2) is 28.9 Å². The molecule has 2 fully saturated rings. The number of hydrogen-bond acceptors (Lipinski definition) is 5. The van der Waals surface area contributed by atoms with Crippen LogP contribution < -0.4 is 5.32 Å². The highest BCUT2D eigenvalue weighted by atomic mass is 16.3. The van der Waals surface area contributed by atoms with Crippen LogP contribution in [-0.4, -0.2) is 52.0 Å². The molecule has 2 N–H and O–H groups in total. The van der Waals surface area contributed by atoms with E-state index in [1.807, 2.05) is 11.0 Å². The summed E-state index contributed by atoms with van der Waals surface area (Å²) in [6, 6.07) is 3.56. The van der Waals surface area contributed by atoms with Crippen molar-refractivity contribution in [3.8, 4) is 0 Å². The average Bonchev–Trinajstić information content (AvgIpc) is 3.16. The van der Waals surface area contributed by atoms with Gasteiger partial charge in [0, 0.05) is 37.6 Å². The Hall–Kier alpha value is -2.41. The first-order valence-corrected chi connectivity index (χ1v) is 10.4. The standard InChI is InChI=1S/C22H29N3O4/c1-21(2,28)5-3-19(26)25-9-6-22(7-10-25)12-16(22)13-24-20(27)17-11-15-4-8-23-14-18(15)29-17/h4,8,11,14,16,28H,3,5-7,9-10,12-13H2,1-2H3,(H,24,27). The average molecular weight is 399 g/mol. The number of fused-ring (bicyclic) bond motifs is 1. The Morgan fingerprint density at radius 3 is 2.83 bits per heavy atom. The van der Waals surface area contributed by atoms with Gasteiger partial charge in [-0.1, -0.05) is 0 Å². The number of aliphatic hydroxyl groups is 1. The van der Waals surface area contributed by atoms with Gasteiger partial charge in [-0.25, -0.2) is 0 Å². The monoisotopic (exact) mass is 399 g/mol. The molecule has 156 valence electrons. The maximum Gasteiger partial charge on any atom is 0.287 e. The molecule has 4 rings (SSSR count). The molecule has 1 spiro atoms. The lowest BCUT2D eigenvalue weighted by Crippen LogP contribution is -2.40. The molecule has 1 aliphatic heterocycles. The van der Waals surface area contributed by atoms with E-state index in [2.05, 4.69) is 10.3 Å². The molecule has 0 radical (unpaired) electrons. The Labute approximate surface area is 170 Å². The number of piperidine rings is 1. The first kappa shape index (κ1) is 19.9. The van der Waals surface area contributed by atoms with Crippen LogP contribution in [0.5, 0.6) is 0 Å². The summed E-state index contributed by atoms with van der Waals surface area (Å²) in [5.41, 5.74) is 0.0724. The predicted molar refractivity (Wildman–Crippen MR) is 108 cm³/mol. The Balaban J connectivity index is 1.23. The van der Waals surface area contributed by atoms with Crippen molar-refractivity contribution in [3.63, 3.8) is 0 Å². The van der Waals surface area contributed by atoms with Crippen LogP contribution in [-0.2, 0) is 4.79 Å². The second kappa shape index (κ2) is 7.44. The molecule has 2 aromatic heterocycles. The van der Waals surface area contributed by atoms with E-state index in [0.717, 1.165) is 37.7 Å². The van der Waals surface area contributed by atoms with Gasteiger partial charge in [0.1, 0.15) is 0 Å². The van der Waals surface area contributed by atoms with E-state index in [-0.39, 0.29) is 17.2 Å². The van der Waals surface area contributed by atoms with Crippen molar-refractivity contribution < 1.29 is 19.1 Å². The molecule has 0 bridgehead atoms. The topological polar surface area (TPSA) is 95.7 Å². The van der Waals surface area contributed by atoms with Gasteiger partial charge in [-0.2, -0.15) is 0 Å². The zero-order valence-corrected chi connectivity index (χ0v) is 17.1. The van der Waals surface area contributed by atoms with Gasteiger partial charge in [0.25, 0.3) is 5.91 Å². The van der Waals surface area contributed by atoms with Crippen molar-refractivity contribution in [2.24, 2.45) is 11.3 Å². The van der Waals surface area contributed by atoms with Gasteiger partial charge in [0.05, 0.1) is 11.8 Å². The van der Waals surface area contributed by atoms with E-state index in [1.165, 1.54) is 0 Å². The number of amides is 2. The van der Waals surface area contributed by atoms with Crippen molar-refractivity contribution in [3.05, 3.63) is 30.3 Å². The first-order valence-electron chi connectivity index (χ1n) is 10.4. The largest absolute Gasteiger partial charge is 0.449 e. The summed E-state index contributed by atoms with van der Waals surface area (Å²) < 4.78 is 5.57. The van der Waals surface area contributed by atoms with Crippen LogP contribution in [0.1, 0.15) is 56.5 Å². The van der Waals surface area contributed by atoms with Crippen LogP contribution in [0.2, 0.25) is 0 Å². The molecule has 2 amide bonds. The van der Waals surface area contributed by atoms with Crippen molar-refractivity contribution >= 4 is 22.8 Å². The number of nitrogens with one attached hydrogen (secondary N) is 1. The third-order valence-electron chi connectivity index (χ3n) is 6.48. The lowest BCUT2D eigenvalue weighted by molar-refractivity contribution is -0.134. The maximum atomic E-state index is 12.4. The van der Waals surface area contributed by atoms with Crippen LogP contribution >= 0.6 is 0 Å². The molecule has 0 aromatic carbocycles. The van der Waals surface area contributed by atoms with Gasteiger partial charge >= 0.3 is 0 Å². The zero-order valence-electron chi connectivity index (χ0n) is 17.1. The minimum atomic E-state index is -0.803.